The van der Waals surface area contributed by atoms with E-state index in [4.69, 9.17) is 4.74 Å². The number of aryl methyl sites for hydroxylation is 1. The minimum Gasteiger partial charge on any atom is -0.427 e. The second kappa shape index (κ2) is 6.57. The number of benzene rings is 1. The van der Waals surface area contributed by atoms with Crippen molar-refractivity contribution in [3.8, 4) is 5.75 Å². The highest BCUT2D eigenvalue weighted by Crippen LogP contribution is 2.62. The molecule has 3 aliphatic rings. The van der Waals surface area contributed by atoms with Gasteiger partial charge in [0.25, 0.3) is 0 Å². The van der Waals surface area contributed by atoms with E-state index >= 15 is 0 Å². The summed E-state index contributed by atoms with van der Waals surface area (Å²) in [5, 5.41) is 0.987. The average Bonchev–Trinajstić information content (AvgIpc) is 2.91. The van der Waals surface area contributed by atoms with E-state index in [-0.39, 0.29) is 5.97 Å². The van der Waals surface area contributed by atoms with Crippen molar-refractivity contribution in [3.05, 3.63) is 41.0 Å². The van der Waals surface area contributed by atoms with Crippen LogP contribution in [-0.2, 0) is 11.2 Å². The molecule has 2 nitrogen and oxygen atoms in total. The van der Waals surface area contributed by atoms with Crippen LogP contribution in [0, 0.1) is 17.3 Å². The topological polar surface area (TPSA) is 26.3 Å². The summed E-state index contributed by atoms with van der Waals surface area (Å²) < 4.78 is 5.29. The van der Waals surface area contributed by atoms with E-state index in [0.717, 1.165) is 23.6 Å². The normalized spacial score (nSPS) is 35.0. The lowest BCUT2D eigenvalue weighted by molar-refractivity contribution is -0.131. The van der Waals surface area contributed by atoms with Crippen LogP contribution in [0.15, 0.2) is 29.8 Å². The zero-order valence-corrected chi connectivity index (χ0v) is 16.8. The number of carbonyl (C=O) groups excluding carboxylic acids is 1. The van der Waals surface area contributed by atoms with Crippen LogP contribution < -0.4 is 4.74 Å². The first-order valence-electron chi connectivity index (χ1n) is 9.59. The average molecular weight is 403 g/mol. The third kappa shape index (κ3) is 2.89. The summed E-state index contributed by atoms with van der Waals surface area (Å²) in [5.41, 5.74) is 5.04. The molecule has 1 aromatic carbocycles. The summed E-state index contributed by atoms with van der Waals surface area (Å²) in [6, 6.07) is 6.32. The summed E-state index contributed by atoms with van der Waals surface area (Å²) >= 11 is 3.60. The molecule has 4 rings (SSSR count). The SMILES string of the molecule is CC(=O)Oc1ccc2c(c1)CC[C@@H]1[C@@H]2CC[C@]2(C)C(=CCBr)CC[C@@H]12. The number of fused-ring (bicyclic) bond motifs is 5. The molecule has 0 heterocycles. The van der Waals surface area contributed by atoms with Gasteiger partial charge < -0.3 is 4.74 Å². The Labute approximate surface area is 159 Å². The summed E-state index contributed by atoms with van der Waals surface area (Å²) in [7, 11) is 0. The molecule has 4 atom stereocenters. The summed E-state index contributed by atoms with van der Waals surface area (Å²) in [4.78, 5) is 11.2. The van der Waals surface area contributed by atoms with E-state index in [1.807, 2.05) is 6.07 Å². The van der Waals surface area contributed by atoms with Gasteiger partial charge in [-0.2, -0.15) is 0 Å². The molecule has 0 bridgehead atoms. The Kier molecular flexibility index (Phi) is 4.56. The molecule has 0 unspecified atom stereocenters. The lowest BCUT2D eigenvalue weighted by Gasteiger charge is -2.49. The van der Waals surface area contributed by atoms with Gasteiger partial charge in [-0.3, -0.25) is 4.79 Å². The minimum atomic E-state index is -0.237. The van der Waals surface area contributed by atoms with Crippen LogP contribution in [0.5, 0.6) is 5.75 Å². The fourth-order valence-corrected chi connectivity index (χ4v) is 6.46. The van der Waals surface area contributed by atoms with Crippen molar-refractivity contribution < 1.29 is 9.53 Å². The summed E-state index contributed by atoms with van der Waals surface area (Å²) in [6.45, 7) is 3.99. The number of allylic oxidation sites excluding steroid dienone is 2. The monoisotopic (exact) mass is 402 g/mol. The lowest BCUT2D eigenvalue weighted by Crippen LogP contribution is -2.40. The Morgan fingerprint density at radius 2 is 2.16 bits per heavy atom. The molecule has 3 aliphatic carbocycles. The van der Waals surface area contributed by atoms with Gasteiger partial charge in [-0.25, -0.2) is 0 Å². The molecular formula is C22H27BrO2. The number of esters is 1. The molecule has 2 saturated carbocycles. The molecule has 0 saturated heterocycles. The molecule has 25 heavy (non-hydrogen) atoms. The Balaban J connectivity index is 1.62. The van der Waals surface area contributed by atoms with Crippen molar-refractivity contribution in [2.45, 2.75) is 58.3 Å². The number of hydrogen-bond acceptors (Lipinski definition) is 2. The van der Waals surface area contributed by atoms with E-state index in [1.54, 1.807) is 5.57 Å². The number of hydrogen-bond donors (Lipinski definition) is 0. The van der Waals surface area contributed by atoms with Crippen LogP contribution in [0.25, 0.3) is 0 Å². The standard InChI is InChI=1S/C22H27BrO2/c1-14(24)25-17-5-7-18-15(13-17)3-6-20-19(18)9-11-22(2)16(10-12-23)4-8-21(20)22/h5,7,10,13,19-21H,3-4,6,8-9,11-12H2,1-2H3/t19-,20-,21+,22-/m1/s1. The molecule has 0 aliphatic heterocycles. The molecule has 0 aromatic heterocycles. The van der Waals surface area contributed by atoms with Gasteiger partial charge in [-0.05, 0) is 85.0 Å². The predicted octanol–water partition coefficient (Wildman–Crippen LogP) is 5.79. The Hall–Kier alpha value is -1.09. The predicted molar refractivity (Wildman–Crippen MR) is 104 cm³/mol. The molecule has 1 aromatic rings. The van der Waals surface area contributed by atoms with Crippen molar-refractivity contribution >= 4 is 21.9 Å². The summed E-state index contributed by atoms with van der Waals surface area (Å²) in [5.74, 6) is 2.80. The fraction of sp³-hybridized carbons (Fsp3) is 0.591. The van der Waals surface area contributed by atoms with Gasteiger partial charge in [0.15, 0.2) is 0 Å². The van der Waals surface area contributed by atoms with E-state index < -0.39 is 0 Å². The zero-order valence-electron chi connectivity index (χ0n) is 15.2. The maximum atomic E-state index is 11.2. The van der Waals surface area contributed by atoms with Gasteiger partial charge in [0.05, 0.1) is 0 Å². The van der Waals surface area contributed by atoms with Gasteiger partial charge in [0.2, 0.25) is 0 Å². The molecule has 2 fully saturated rings. The van der Waals surface area contributed by atoms with Gasteiger partial charge in [-0.15, -0.1) is 0 Å². The first kappa shape index (κ1) is 17.3. The van der Waals surface area contributed by atoms with Crippen LogP contribution in [0.4, 0.5) is 0 Å². The van der Waals surface area contributed by atoms with Crippen LogP contribution in [0.2, 0.25) is 0 Å². The largest absolute Gasteiger partial charge is 0.427 e. The van der Waals surface area contributed by atoms with Crippen LogP contribution in [-0.4, -0.2) is 11.3 Å². The number of carbonyl (C=O) groups is 1. The van der Waals surface area contributed by atoms with Crippen molar-refractivity contribution in [1.29, 1.82) is 0 Å². The molecule has 0 radical (unpaired) electrons. The highest BCUT2D eigenvalue weighted by molar-refractivity contribution is 9.09. The van der Waals surface area contributed by atoms with E-state index in [2.05, 4.69) is 41.1 Å². The van der Waals surface area contributed by atoms with Crippen LogP contribution in [0.1, 0.15) is 63.0 Å². The zero-order chi connectivity index (χ0) is 17.6. The lowest BCUT2D eigenvalue weighted by atomic mass is 9.55. The number of halogens is 1. The quantitative estimate of drug-likeness (QED) is 0.270. The van der Waals surface area contributed by atoms with Gasteiger partial charge >= 0.3 is 5.97 Å². The molecule has 134 valence electrons. The van der Waals surface area contributed by atoms with Crippen LogP contribution >= 0.6 is 15.9 Å². The van der Waals surface area contributed by atoms with Crippen LogP contribution in [0.3, 0.4) is 0 Å². The maximum absolute atomic E-state index is 11.2. The number of ether oxygens (including phenoxy) is 1. The Morgan fingerprint density at radius 1 is 1.32 bits per heavy atom. The minimum absolute atomic E-state index is 0.237. The second-order valence-corrected chi connectivity index (χ2v) is 8.90. The molecular weight excluding hydrogens is 376 g/mol. The van der Waals surface area contributed by atoms with Gasteiger partial charge in [0.1, 0.15) is 5.75 Å². The van der Waals surface area contributed by atoms with E-state index in [9.17, 15) is 4.79 Å². The van der Waals surface area contributed by atoms with Gasteiger partial charge in [-0.1, -0.05) is 40.6 Å². The van der Waals surface area contributed by atoms with Crippen molar-refractivity contribution in [2.24, 2.45) is 17.3 Å². The highest BCUT2D eigenvalue weighted by Gasteiger charge is 2.52. The first-order chi connectivity index (χ1) is 12.0. The van der Waals surface area contributed by atoms with Crippen molar-refractivity contribution in [3.63, 3.8) is 0 Å². The molecule has 0 spiro atoms. The third-order valence-corrected chi connectivity index (χ3v) is 7.45. The Bertz CT molecular complexity index is 723. The number of alkyl halides is 1. The first-order valence-corrected chi connectivity index (χ1v) is 10.7. The summed E-state index contributed by atoms with van der Waals surface area (Å²) in [6.07, 6.45) is 10.1. The van der Waals surface area contributed by atoms with E-state index in [1.165, 1.54) is 50.2 Å². The maximum Gasteiger partial charge on any atom is 0.308 e. The van der Waals surface area contributed by atoms with Crippen molar-refractivity contribution in [2.75, 3.05) is 5.33 Å². The number of rotatable bonds is 2. The van der Waals surface area contributed by atoms with Gasteiger partial charge in [0, 0.05) is 12.3 Å². The third-order valence-electron chi connectivity index (χ3n) is 7.13. The fourth-order valence-electron chi connectivity index (χ4n) is 6.06. The molecule has 0 N–H and O–H groups in total. The highest BCUT2D eigenvalue weighted by atomic mass is 79.9. The second-order valence-electron chi connectivity index (χ2n) is 8.25. The Morgan fingerprint density at radius 3 is 2.92 bits per heavy atom. The smallest absolute Gasteiger partial charge is 0.308 e. The molecule has 0 amide bonds. The van der Waals surface area contributed by atoms with Crippen molar-refractivity contribution in [1.82, 2.24) is 0 Å². The van der Waals surface area contributed by atoms with E-state index in [0.29, 0.717) is 17.1 Å². The molecule has 3 heteroatoms.